The number of fused-ring (bicyclic) bond motifs is 1. The van der Waals surface area contributed by atoms with Crippen molar-refractivity contribution in [1.82, 2.24) is 0 Å². The first-order chi connectivity index (χ1) is 6.18. The lowest BCUT2D eigenvalue weighted by Gasteiger charge is -1.98. The van der Waals surface area contributed by atoms with E-state index in [-0.39, 0.29) is 5.63 Å². The summed E-state index contributed by atoms with van der Waals surface area (Å²) in [6, 6.07) is 5.10. The van der Waals surface area contributed by atoms with Gasteiger partial charge in [-0.25, -0.2) is 4.79 Å². The van der Waals surface area contributed by atoms with Crippen LogP contribution in [0.4, 0.5) is 0 Å². The Balaban J connectivity index is 3.03. The van der Waals surface area contributed by atoms with Crippen LogP contribution < -0.4 is 5.63 Å². The first-order valence-corrected chi connectivity index (χ1v) is 4.72. The Morgan fingerprint density at radius 3 is 2.85 bits per heavy atom. The van der Waals surface area contributed by atoms with E-state index in [1.807, 2.05) is 0 Å². The normalized spacial score (nSPS) is 10.6. The molecule has 1 aromatic heterocycles. The van der Waals surface area contributed by atoms with Crippen LogP contribution in [0.25, 0.3) is 10.8 Å². The minimum Gasteiger partial charge on any atom is -0.431 e. The van der Waals surface area contributed by atoms with Crippen LogP contribution in [0.5, 0.6) is 0 Å². The number of hydrogen-bond donors (Lipinski definition) is 0. The highest BCUT2D eigenvalue weighted by Gasteiger charge is 2.04. The van der Waals surface area contributed by atoms with E-state index in [1.165, 1.54) is 6.26 Å². The monoisotopic (exact) mass is 258 g/mol. The summed E-state index contributed by atoms with van der Waals surface area (Å²) >= 11 is 9.18. The molecule has 0 aliphatic heterocycles. The largest absolute Gasteiger partial charge is 0.431 e. The van der Waals surface area contributed by atoms with Crippen molar-refractivity contribution < 1.29 is 4.42 Å². The molecule has 0 atom stereocenters. The number of benzene rings is 1. The summed E-state index contributed by atoms with van der Waals surface area (Å²) in [5, 5.41) is 1.74. The van der Waals surface area contributed by atoms with Crippen molar-refractivity contribution >= 4 is 38.3 Å². The van der Waals surface area contributed by atoms with E-state index in [9.17, 15) is 4.79 Å². The second-order valence-corrected chi connectivity index (χ2v) is 3.88. The second-order valence-electron chi connectivity index (χ2n) is 2.56. The summed E-state index contributed by atoms with van der Waals surface area (Å²) in [6.45, 7) is 0. The lowest BCUT2D eigenvalue weighted by Crippen LogP contribution is -1.97. The van der Waals surface area contributed by atoms with Gasteiger partial charge in [0.15, 0.2) is 0 Å². The maximum Gasteiger partial charge on any atom is 0.343 e. The van der Waals surface area contributed by atoms with Gasteiger partial charge in [-0.2, -0.15) is 0 Å². The second kappa shape index (κ2) is 3.16. The molecule has 66 valence electrons. The van der Waals surface area contributed by atoms with Crippen molar-refractivity contribution in [2.75, 3.05) is 0 Å². The summed E-state index contributed by atoms with van der Waals surface area (Å²) < 4.78 is 5.48. The van der Waals surface area contributed by atoms with Gasteiger partial charge in [0.2, 0.25) is 0 Å². The molecule has 1 heterocycles. The van der Waals surface area contributed by atoms with Crippen LogP contribution in [-0.2, 0) is 0 Å². The highest BCUT2D eigenvalue weighted by Crippen LogP contribution is 2.25. The lowest BCUT2D eigenvalue weighted by atomic mass is 10.2. The summed E-state index contributed by atoms with van der Waals surface area (Å²) in [6.07, 6.45) is 1.34. The van der Waals surface area contributed by atoms with Crippen molar-refractivity contribution in [3.05, 3.63) is 44.4 Å². The molecule has 0 unspecified atom stereocenters. The number of rotatable bonds is 0. The fourth-order valence-electron chi connectivity index (χ4n) is 1.15. The SMILES string of the molecule is O=c1occc2c(Cl)cc(Br)cc12. The van der Waals surface area contributed by atoms with Crippen molar-refractivity contribution in [3.63, 3.8) is 0 Å². The molecular weight excluding hydrogens is 255 g/mol. The molecule has 0 fully saturated rings. The summed E-state index contributed by atoms with van der Waals surface area (Å²) in [5.74, 6) is 0. The Morgan fingerprint density at radius 1 is 1.31 bits per heavy atom. The molecule has 13 heavy (non-hydrogen) atoms. The van der Waals surface area contributed by atoms with Gasteiger partial charge in [-0.3, -0.25) is 0 Å². The van der Waals surface area contributed by atoms with Gasteiger partial charge in [-0.1, -0.05) is 27.5 Å². The Kier molecular flexibility index (Phi) is 2.14. The fourth-order valence-corrected chi connectivity index (χ4v) is 2.02. The van der Waals surface area contributed by atoms with Crippen LogP contribution in [0.1, 0.15) is 0 Å². The first-order valence-electron chi connectivity index (χ1n) is 3.55. The summed E-state index contributed by atoms with van der Waals surface area (Å²) in [7, 11) is 0. The maximum absolute atomic E-state index is 11.2. The molecule has 4 heteroatoms. The molecule has 0 amide bonds. The summed E-state index contributed by atoms with van der Waals surface area (Å²) in [5.41, 5.74) is -0.374. The Bertz CT molecular complexity index is 518. The van der Waals surface area contributed by atoms with Gasteiger partial charge in [0.1, 0.15) is 0 Å². The van der Waals surface area contributed by atoms with Crippen LogP contribution >= 0.6 is 27.5 Å². The van der Waals surface area contributed by atoms with Crippen LogP contribution in [0, 0.1) is 0 Å². The smallest absolute Gasteiger partial charge is 0.343 e. The molecule has 0 N–H and O–H groups in total. The van der Waals surface area contributed by atoms with E-state index in [1.54, 1.807) is 18.2 Å². The van der Waals surface area contributed by atoms with Crippen molar-refractivity contribution in [2.24, 2.45) is 0 Å². The number of hydrogen-bond acceptors (Lipinski definition) is 2. The van der Waals surface area contributed by atoms with E-state index in [2.05, 4.69) is 15.9 Å². The zero-order chi connectivity index (χ0) is 9.42. The van der Waals surface area contributed by atoms with Crippen molar-refractivity contribution in [3.8, 4) is 0 Å². The van der Waals surface area contributed by atoms with Crippen LogP contribution in [0.2, 0.25) is 5.02 Å². The quantitative estimate of drug-likeness (QED) is 0.727. The van der Waals surface area contributed by atoms with Gasteiger partial charge in [0.05, 0.1) is 11.6 Å². The van der Waals surface area contributed by atoms with Crippen molar-refractivity contribution in [2.45, 2.75) is 0 Å². The molecule has 0 bridgehead atoms. The molecule has 0 spiro atoms. The van der Waals surface area contributed by atoms with Gasteiger partial charge in [-0.05, 0) is 18.2 Å². The third kappa shape index (κ3) is 1.49. The van der Waals surface area contributed by atoms with Gasteiger partial charge in [0, 0.05) is 14.9 Å². The molecular formula is C9H4BrClO2. The topological polar surface area (TPSA) is 30.2 Å². The third-order valence-electron chi connectivity index (χ3n) is 1.72. The average Bonchev–Trinajstić information content (AvgIpc) is 2.07. The maximum atomic E-state index is 11.2. The molecule has 0 aliphatic carbocycles. The molecule has 0 radical (unpaired) electrons. The van der Waals surface area contributed by atoms with E-state index in [0.717, 1.165) is 4.47 Å². The molecule has 0 aliphatic rings. The van der Waals surface area contributed by atoms with Gasteiger partial charge in [-0.15, -0.1) is 0 Å². The Labute approximate surface area is 87.3 Å². The Hall–Kier alpha value is -0.800. The highest BCUT2D eigenvalue weighted by atomic mass is 79.9. The molecule has 1 aromatic carbocycles. The standard InChI is InChI=1S/C9H4BrClO2/c10-5-3-7-6(8(11)4-5)1-2-13-9(7)12/h1-4H. The summed E-state index contributed by atoms with van der Waals surface area (Å²) in [4.78, 5) is 11.2. The van der Waals surface area contributed by atoms with Crippen LogP contribution in [0.15, 0.2) is 38.1 Å². The molecule has 2 aromatic rings. The van der Waals surface area contributed by atoms with Gasteiger partial charge >= 0.3 is 5.63 Å². The van der Waals surface area contributed by atoms with E-state index >= 15 is 0 Å². The zero-order valence-corrected chi connectivity index (χ0v) is 8.72. The number of halogens is 2. The van der Waals surface area contributed by atoms with E-state index in [0.29, 0.717) is 15.8 Å². The third-order valence-corrected chi connectivity index (χ3v) is 2.49. The molecule has 2 nitrogen and oxygen atoms in total. The van der Waals surface area contributed by atoms with Crippen molar-refractivity contribution in [1.29, 1.82) is 0 Å². The Morgan fingerprint density at radius 2 is 2.08 bits per heavy atom. The molecule has 0 saturated heterocycles. The minimum atomic E-state index is -0.374. The minimum absolute atomic E-state index is 0.374. The predicted molar refractivity (Wildman–Crippen MR) is 55.2 cm³/mol. The van der Waals surface area contributed by atoms with Crippen LogP contribution in [0.3, 0.4) is 0 Å². The van der Waals surface area contributed by atoms with Crippen LogP contribution in [-0.4, -0.2) is 0 Å². The fraction of sp³-hybridized carbons (Fsp3) is 0. The predicted octanol–water partition coefficient (Wildman–Crippen LogP) is 3.21. The van der Waals surface area contributed by atoms with E-state index in [4.69, 9.17) is 16.0 Å². The van der Waals surface area contributed by atoms with Gasteiger partial charge in [0.25, 0.3) is 0 Å². The van der Waals surface area contributed by atoms with Gasteiger partial charge < -0.3 is 4.42 Å². The zero-order valence-electron chi connectivity index (χ0n) is 6.38. The first kappa shape index (κ1) is 8.78. The van der Waals surface area contributed by atoms with E-state index < -0.39 is 0 Å². The highest BCUT2D eigenvalue weighted by molar-refractivity contribution is 9.10. The molecule has 2 rings (SSSR count). The molecule has 0 saturated carbocycles. The average molecular weight is 259 g/mol. The lowest BCUT2D eigenvalue weighted by molar-refractivity contribution is 0.519.